The van der Waals surface area contributed by atoms with E-state index in [0.717, 1.165) is 29.0 Å². The fourth-order valence-electron chi connectivity index (χ4n) is 3.25. The maximum absolute atomic E-state index is 12.9. The molecule has 2 aromatic carbocycles. The van der Waals surface area contributed by atoms with Gasteiger partial charge in [-0.3, -0.25) is 4.79 Å². The van der Waals surface area contributed by atoms with E-state index in [2.05, 4.69) is 23.7 Å². The molecule has 0 bridgehead atoms. The Hall–Kier alpha value is -1.86. The van der Waals surface area contributed by atoms with Crippen LogP contribution in [0.3, 0.4) is 0 Å². The number of amides is 1. The molecule has 0 aliphatic heterocycles. The van der Waals surface area contributed by atoms with Gasteiger partial charge in [0.15, 0.2) is 4.80 Å². The predicted octanol–water partition coefficient (Wildman–Crippen LogP) is 5.63. The number of thiazole rings is 1. The van der Waals surface area contributed by atoms with Crippen molar-refractivity contribution in [2.45, 2.75) is 27.3 Å². The number of halogens is 2. The maximum atomic E-state index is 12.9. The minimum absolute atomic E-state index is 0.292. The molecule has 1 aromatic heterocycles. The SMILES string of the molecule is CCOCCn1c(=NC(=O)c2ccc(N(CC)CC)cc2)sc2ccc(Cl)c(Cl)c21. The van der Waals surface area contributed by atoms with Gasteiger partial charge in [0.1, 0.15) is 0 Å². The Bertz CT molecular complexity index is 1090. The molecule has 0 saturated heterocycles. The minimum Gasteiger partial charge on any atom is -0.380 e. The summed E-state index contributed by atoms with van der Waals surface area (Å²) in [6.07, 6.45) is 0. The Morgan fingerprint density at radius 1 is 1.10 bits per heavy atom. The second kappa shape index (κ2) is 10.4. The first-order valence-electron chi connectivity index (χ1n) is 9.99. The van der Waals surface area contributed by atoms with Gasteiger partial charge in [-0.2, -0.15) is 4.99 Å². The average Bonchev–Trinajstić information content (AvgIpc) is 3.10. The summed E-state index contributed by atoms with van der Waals surface area (Å²) in [6.45, 7) is 9.62. The van der Waals surface area contributed by atoms with Gasteiger partial charge >= 0.3 is 0 Å². The van der Waals surface area contributed by atoms with E-state index in [1.807, 2.05) is 41.8 Å². The van der Waals surface area contributed by atoms with Crippen LogP contribution in [0.1, 0.15) is 31.1 Å². The van der Waals surface area contributed by atoms with Gasteiger partial charge in [0.2, 0.25) is 0 Å². The normalized spacial score (nSPS) is 12.0. The van der Waals surface area contributed by atoms with Crippen LogP contribution in [0, 0.1) is 0 Å². The third kappa shape index (κ3) is 4.89. The van der Waals surface area contributed by atoms with E-state index in [1.165, 1.54) is 11.3 Å². The standard InChI is InChI=1S/C22H25Cl2N3O2S/c1-4-26(5-2)16-9-7-15(8-10-16)21(28)25-22-27(13-14-29-6-3)20-18(30-22)12-11-17(23)19(20)24/h7-12H,4-6,13-14H2,1-3H3. The summed E-state index contributed by atoms with van der Waals surface area (Å²) < 4.78 is 8.33. The first-order chi connectivity index (χ1) is 14.5. The lowest BCUT2D eigenvalue weighted by molar-refractivity contribution is 0.0996. The number of carbonyl (C=O) groups excluding carboxylic acids is 1. The monoisotopic (exact) mass is 465 g/mol. The van der Waals surface area contributed by atoms with Gasteiger partial charge in [0.25, 0.3) is 5.91 Å². The Balaban J connectivity index is 2.01. The fraction of sp³-hybridized carbons (Fsp3) is 0.364. The lowest BCUT2D eigenvalue weighted by atomic mass is 10.2. The summed E-state index contributed by atoms with van der Waals surface area (Å²) in [5.41, 5.74) is 2.41. The van der Waals surface area contributed by atoms with Crippen molar-refractivity contribution in [1.82, 2.24) is 4.57 Å². The van der Waals surface area contributed by atoms with Crippen molar-refractivity contribution in [3.8, 4) is 0 Å². The van der Waals surface area contributed by atoms with Crippen molar-refractivity contribution < 1.29 is 9.53 Å². The molecular weight excluding hydrogens is 441 g/mol. The largest absolute Gasteiger partial charge is 0.380 e. The van der Waals surface area contributed by atoms with E-state index < -0.39 is 0 Å². The Kier molecular flexibility index (Phi) is 7.94. The molecule has 30 heavy (non-hydrogen) atoms. The second-order valence-corrected chi connectivity index (χ2v) is 8.37. The van der Waals surface area contributed by atoms with Crippen LogP contribution >= 0.6 is 34.5 Å². The number of aromatic nitrogens is 1. The highest BCUT2D eigenvalue weighted by Crippen LogP contribution is 2.32. The molecule has 0 spiro atoms. The second-order valence-electron chi connectivity index (χ2n) is 6.58. The molecular formula is C22H25Cl2N3O2S. The molecule has 0 atom stereocenters. The number of hydrogen-bond donors (Lipinski definition) is 0. The molecule has 5 nitrogen and oxygen atoms in total. The molecule has 0 radical (unpaired) electrons. The lowest BCUT2D eigenvalue weighted by Crippen LogP contribution is -2.22. The third-order valence-corrected chi connectivity index (χ3v) is 6.68. The number of carbonyl (C=O) groups is 1. The smallest absolute Gasteiger partial charge is 0.279 e. The molecule has 0 fully saturated rings. The zero-order valence-electron chi connectivity index (χ0n) is 17.3. The van der Waals surface area contributed by atoms with E-state index in [0.29, 0.717) is 40.2 Å². The Morgan fingerprint density at radius 2 is 1.80 bits per heavy atom. The van der Waals surface area contributed by atoms with Gasteiger partial charge in [-0.05, 0) is 57.2 Å². The first-order valence-corrected chi connectivity index (χ1v) is 11.6. The van der Waals surface area contributed by atoms with E-state index in [9.17, 15) is 4.79 Å². The molecule has 0 aliphatic rings. The lowest BCUT2D eigenvalue weighted by Gasteiger charge is -2.20. The zero-order chi connectivity index (χ0) is 21.7. The fourth-order valence-corrected chi connectivity index (χ4v) is 4.79. The molecule has 0 saturated carbocycles. The quantitative estimate of drug-likeness (QED) is 0.404. The number of nitrogens with zero attached hydrogens (tertiary/aromatic N) is 3. The van der Waals surface area contributed by atoms with Crippen molar-refractivity contribution in [3.05, 3.63) is 56.8 Å². The number of rotatable bonds is 8. The number of ether oxygens (including phenoxy) is 1. The van der Waals surface area contributed by atoms with Crippen molar-refractivity contribution in [2.75, 3.05) is 31.2 Å². The van der Waals surface area contributed by atoms with Crippen molar-refractivity contribution >= 4 is 56.3 Å². The predicted molar refractivity (Wildman–Crippen MR) is 126 cm³/mol. The van der Waals surface area contributed by atoms with E-state index in [-0.39, 0.29) is 5.91 Å². The number of hydrogen-bond acceptors (Lipinski definition) is 4. The zero-order valence-corrected chi connectivity index (χ0v) is 19.7. The molecule has 1 amide bonds. The minimum atomic E-state index is -0.292. The van der Waals surface area contributed by atoms with Gasteiger partial charge in [-0.1, -0.05) is 34.5 Å². The molecule has 0 aliphatic carbocycles. The molecule has 1 heterocycles. The van der Waals surface area contributed by atoms with Crippen molar-refractivity contribution in [3.63, 3.8) is 0 Å². The molecule has 8 heteroatoms. The summed E-state index contributed by atoms with van der Waals surface area (Å²) in [4.78, 5) is 20.1. The summed E-state index contributed by atoms with van der Waals surface area (Å²) in [5, 5.41) is 0.927. The number of benzene rings is 2. The molecule has 0 N–H and O–H groups in total. The summed E-state index contributed by atoms with van der Waals surface area (Å²) in [5.74, 6) is -0.292. The van der Waals surface area contributed by atoms with Crippen LogP contribution in [0.25, 0.3) is 10.2 Å². The van der Waals surface area contributed by atoms with Crippen LogP contribution in [0.2, 0.25) is 10.0 Å². The van der Waals surface area contributed by atoms with E-state index in [1.54, 1.807) is 6.07 Å². The van der Waals surface area contributed by atoms with Crippen LogP contribution in [-0.4, -0.2) is 36.8 Å². The number of anilines is 1. The van der Waals surface area contributed by atoms with Crippen LogP contribution in [0.5, 0.6) is 0 Å². The van der Waals surface area contributed by atoms with E-state index in [4.69, 9.17) is 27.9 Å². The molecule has 3 aromatic rings. The average molecular weight is 466 g/mol. The number of fused-ring (bicyclic) bond motifs is 1. The first kappa shape index (κ1) is 22.8. The van der Waals surface area contributed by atoms with Crippen LogP contribution in [-0.2, 0) is 11.3 Å². The van der Waals surface area contributed by atoms with Crippen LogP contribution in [0.15, 0.2) is 41.4 Å². The van der Waals surface area contributed by atoms with Gasteiger partial charge < -0.3 is 14.2 Å². The highest BCUT2D eigenvalue weighted by atomic mass is 35.5. The Labute approximate surface area is 190 Å². The van der Waals surface area contributed by atoms with Gasteiger partial charge in [0.05, 0.1) is 26.9 Å². The van der Waals surface area contributed by atoms with Crippen LogP contribution in [0.4, 0.5) is 5.69 Å². The van der Waals surface area contributed by atoms with Gasteiger partial charge in [0, 0.05) is 37.5 Å². The third-order valence-electron chi connectivity index (χ3n) is 4.84. The highest BCUT2D eigenvalue weighted by molar-refractivity contribution is 7.16. The molecule has 3 rings (SSSR count). The van der Waals surface area contributed by atoms with Crippen molar-refractivity contribution in [1.29, 1.82) is 0 Å². The van der Waals surface area contributed by atoms with Crippen molar-refractivity contribution in [2.24, 2.45) is 4.99 Å². The molecule has 0 unspecified atom stereocenters. The van der Waals surface area contributed by atoms with Crippen LogP contribution < -0.4 is 9.70 Å². The van der Waals surface area contributed by atoms with Gasteiger partial charge in [-0.15, -0.1) is 0 Å². The highest BCUT2D eigenvalue weighted by Gasteiger charge is 2.14. The topological polar surface area (TPSA) is 46.8 Å². The maximum Gasteiger partial charge on any atom is 0.279 e. The Morgan fingerprint density at radius 3 is 2.43 bits per heavy atom. The molecule has 160 valence electrons. The summed E-state index contributed by atoms with van der Waals surface area (Å²) >= 11 is 14.1. The summed E-state index contributed by atoms with van der Waals surface area (Å²) in [7, 11) is 0. The van der Waals surface area contributed by atoms with Gasteiger partial charge in [-0.25, -0.2) is 0 Å². The summed E-state index contributed by atoms with van der Waals surface area (Å²) in [6, 6.07) is 11.2. The van der Waals surface area contributed by atoms with E-state index >= 15 is 0 Å².